The van der Waals surface area contributed by atoms with Gasteiger partial charge in [-0.15, -0.1) is 0 Å². The second-order valence-electron chi connectivity index (χ2n) is 9.22. The number of amides is 2. The lowest BCUT2D eigenvalue weighted by Gasteiger charge is -2.31. The summed E-state index contributed by atoms with van der Waals surface area (Å²) < 4.78 is 31.6. The first-order chi connectivity index (χ1) is 17.6. The monoisotopic (exact) mass is 531 g/mol. The van der Waals surface area contributed by atoms with Gasteiger partial charge in [0.2, 0.25) is 21.8 Å². The number of carbonyl (C=O) groups is 2. The van der Waals surface area contributed by atoms with Crippen molar-refractivity contribution in [3.05, 3.63) is 59.7 Å². The van der Waals surface area contributed by atoms with Crippen LogP contribution in [0.15, 0.2) is 48.5 Å². The van der Waals surface area contributed by atoms with E-state index in [9.17, 15) is 18.0 Å². The quantitative estimate of drug-likeness (QED) is 0.346. The number of benzene rings is 2. The number of nitrogens with one attached hydrogen (secondary N) is 1. The van der Waals surface area contributed by atoms with Gasteiger partial charge < -0.3 is 15.0 Å². The SMILES string of the molecule is CCCCNC(=O)[C@@H](CC)N(Cc1cccc(OC)c1)C(=O)CCCN(c1cccc(C)c1)S(C)(=O)=O. The van der Waals surface area contributed by atoms with Gasteiger partial charge in [0.25, 0.3) is 0 Å². The fourth-order valence-corrected chi connectivity index (χ4v) is 5.14. The number of nitrogens with zero attached hydrogens (tertiary/aromatic N) is 2. The molecular formula is C28H41N3O5S. The summed E-state index contributed by atoms with van der Waals surface area (Å²) in [5, 5.41) is 2.95. The van der Waals surface area contributed by atoms with Crippen LogP contribution in [0.2, 0.25) is 0 Å². The van der Waals surface area contributed by atoms with Gasteiger partial charge in [0.15, 0.2) is 0 Å². The van der Waals surface area contributed by atoms with Crippen LogP contribution in [0, 0.1) is 6.92 Å². The highest BCUT2D eigenvalue weighted by atomic mass is 32.2. The molecule has 0 bridgehead atoms. The van der Waals surface area contributed by atoms with Gasteiger partial charge in [-0.3, -0.25) is 13.9 Å². The molecule has 0 unspecified atom stereocenters. The van der Waals surface area contributed by atoms with Gasteiger partial charge in [-0.05, 0) is 61.6 Å². The molecule has 37 heavy (non-hydrogen) atoms. The number of hydrogen-bond donors (Lipinski definition) is 1. The number of sulfonamides is 1. The van der Waals surface area contributed by atoms with Gasteiger partial charge in [-0.2, -0.15) is 0 Å². The van der Waals surface area contributed by atoms with E-state index >= 15 is 0 Å². The van der Waals surface area contributed by atoms with Crippen molar-refractivity contribution in [3.8, 4) is 5.75 Å². The van der Waals surface area contributed by atoms with Crippen molar-refractivity contribution < 1.29 is 22.7 Å². The van der Waals surface area contributed by atoms with E-state index in [-0.39, 0.29) is 31.3 Å². The predicted molar refractivity (Wildman–Crippen MR) is 148 cm³/mol. The number of anilines is 1. The molecule has 0 saturated heterocycles. The zero-order valence-corrected chi connectivity index (χ0v) is 23.5. The molecule has 2 rings (SSSR count). The molecule has 2 aromatic rings. The minimum atomic E-state index is -3.53. The molecule has 9 heteroatoms. The minimum absolute atomic E-state index is 0.112. The molecule has 2 aromatic carbocycles. The average molecular weight is 532 g/mol. The molecule has 204 valence electrons. The first kappa shape index (κ1) is 30.2. The molecule has 0 spiro atoms. The van der Waals surface area contributed by atoms with E-state index in [2.05, 4.69) is 12.2 Å². The fourth-order valence-electron chi connectivity index (χ4n) is 4.18. The van der Waals surface area contributed by atoms with Crippen LogP contribution in [-0.2, 0) is 26.2 Å². The Labute approximate surface area is 222 Å². The maximum atomic E-state index is 13.5. The number of ether oxygens (including phenoxy) is 1. The van der Waals surface area contributed by atoms with Crippen molar-refractivity contribution in [1.29, 1.82) is 0 Å². The van der Waals surface area contributed by atoms with Gasteiger partial charge in [-0.1, -0.05) is 44.5 Å². The van der Waals surface area contributed by atoms with E-state index in [1.165, 1.54) is 10.6 Å². The van der Waals surface area contributed by atoms with Crippen molar-refractivity contribution in [3.63, 3.8) is 0 Å². The van der Waals surface area contributed by atoms with Crippen molar-refractivity contribution >= 4 is 27.5 Å². The normalized spacial score (nSPS) is 12.0. The molecule has 0 aliphatic rings. The topological polar surface area (TPSA) is 96.0 Å². The zero-order chi connectivity index (χ0) is 27.4. The summed E-state index contributed by atoms with van der Waals surface area (Å²) in [6, 6.07) is 14.1. The average Bonchev–Trinajstić information content (AvgIpc) is 2.85. The molecule has 0 heterocycles. The second kappa shape index (κ2) is 14.6. The van der Waals surface area contributed by atoms with Gasteiger partial charge >= 0.3 is 0 Å². The summed E-state index contributed by atoms with van der Waals surface area (Å²) in [4.78, 5) is 28.1. The van der Waals surface area contributed by atoms with Crippen LogP contribution in [0.1, 0.15) is 57.1 Å². The van der Waals surface area contributed by atoms with Crippen molar-refractivity contribution in [2.75, 3.05) is 30.8 Å². The summed E-state index contributed by atoms with van der Waals surface area (Å²) in [6.07, 6.45) is 3.89. The number of rotatable bonds is 15. The van der Waals surface area contributed by atoms with Crippen LogP contribution in [0.25, 0.3) is 0 Å². The van der Waals surface area contributed by atoms with Crippen molar-refractivity contribution in [2.24, 2.45) is 0 Å². The van der Waals surface area contributed by atoms with Crippen molar-refractivity contribution in [1.82, 2.24) is 10.2 Å². The Bertz CT molecular complexity index is 1140. The van der Waals surface area contributed by atoms with Gasteiger partial charge in [0.1, 0.15) is 11.8 Å². The maximum Gasteiger partial charge on any atom is 0.242 e. The van der Waals surface area contributed by atoms with Crippen LogP contribution >= 0.6 is 0 Å². The van der Waals surface area contributed by atoms with E-state index in [1.54, 1.807) is 18.1 Å². The molecule has 2 amide bonds. The predicted octanol–water partition coefficient (Wildman–Crippen LogP) is 4.27. The number of aryl methyl sites for hydroxylation is 1. The van der Waals surface area contributed by atoms with E-state index < -0.39 is 16.1 Å². The van der Waals surface area contributed by atoms with Gasteiger partial charge in [0.05, 0.1) is 19.1 Å². The Balaban J connectivity index is 2.22. The Morgan fingerprint density at radius 2 is 1.78 bits per heavy atom. The molecule has 1 N–H and O–H groups in total. The first-order valence-electron chi connectivity index (χ1n) is 12.8. The van der Waals surface area contributed by atoms with E-state index in [1.807, 2.05) is 56.3 Å². The highest BCUT2D eigenvalue weighted by Gasteiger charge is 2.28. The Kier molecular flexibility index (Phi) is 11.9. The highest BCUT2D eigenvalue weighted by molar-refractivity contribution is 7.92. The lowest BCUT2D eigenvalue weighted by atomic mass is 10.1. The third kappa shape index (κ3) is 9.39. The molecule has 0 radical (unpaired) electrons. The maximum absolute atomic E-state index is 13.5. The number of hydrogen-bond acceptors (Lipinski definition) is 5. The van der Waals surface area contributed by atoms with Crippen LogP contribution in [0.5, 0.6) is 5.75 Å². The van der Waals surface area contributed by atoms with Crippen LogP contribution in [-0.4, -0.2) is 57.6 Å². The third-order valence-electron chi connectivity index (χ3n) is 6.14. The Morgan fingerprint density at radius 3 is 2.41 bits per heavy atom. The Hall–Kier alpha value is -3.07. The van der Waals surface area contributed by atoms with Crippen LogP contribution in [0.3, 0.4) is 0 Å². The molecule has 0 saturated carbocycles. The molecule has 1 atom stereocenters. The number of unbranched alkanes of at least 4 members (excludes halogenated alkanes) is 1. The molecule has 0 fully saturated rings. The van der Waals surface area contributed by atoms with Crippen LogP contribution in [0.4, 0.5) is 5.69 Å². The standard InChI is InChI=1S/C28H41N3O5S/c1-6-8-17-29-28(33)26(7-2)30(21-23-13-10-15-25(20-23)36-4)27(32)16-11-18-31(37(5,34)35)24-14-9-12-22(3)19-24/h9-10,12-15,19-20,26H,6-8,11,16-18,21H2,1-5H3,(H,29,33)/t26-/m1/s1. The molecule has 0 aliphatic carbocycles. The smallest absolute Gasteiger partial charge is 0.242 e. The third-order valence-corrected chi connectivity index (χ3v) is 7.34. The Morgan fingerprint density at radius 1 is 1.05 bits per heavy atom. The second-order valence-corrected chi connectivity index (χ2v) is 11.1. The summed E-state index contributed by atoms with van der Waals surface area (Å²) in [6.45, 7) is 6.83. The summed E-state index contributed by atoms with van der Waals surface area (Å²) >= 11 is 0. The summed E-state index contributed by atoms with van der Waals surface area (Å²) in [5.41, 5.74) is 2.38. The van der Waals surface area contributed by atoms with Gasteiger partial charge in [0, 0.05) is 26.1 Å². The van der Waals surface area contributed by atoms with Crippen LogP contribution < -0.4 is 14.4 Å². The summed E-state index contributed by atoms with van der Waals surface area (Å²) in [5.74, 6) is 0.301. The summed E-state index contributed by atoms with van der Waals surface area (Å²) in [7, 11) is -1.94. The lowest BCUT2D eigenvalue weighted by Crippen LogP contribution is -2.49. The minimum Gasteiger partial charge on any atom is -0.497 e. The zero-order valence-electron chi connectivity index (χ0n) is 22.7. The largest absolute Gasteiger partial charge is 0.497 e. The van der Waals surface area contributed by atoms with E-state index in [0.29, 0.717) is 30.8 Å². The van der Waals surface area contributed by atoms with E-state index in [4.69, 9.17) is 4.74 Å². The number of carbonyl (C=O) groups excluding carboxylic acids is 2. The van der Waals surface area contributed by atoms with E-state index in [0.717, 1.165) is 24.0 Å². The molecule has 0 aromatic heterocycles. The lowest BCUT2D eigenvalue weighted by molar-refractivity contribution is -0.141. The number of methoxy groups -OCH3 is 1. The molecule has 0 aliphatic heterocycles. The van der Waals surface area contributed by atoms with Crippen molar-refractivity contribution in [2.45, 2.75) is 65.5 Å². The molecular weight excluding hydrogens is 490 g/mol. The highest BCUT2D eigenvalue weighted by Crippen LogP contribution is 2.21. The molecule has 8 nitrogen and oxygen atoms in total. The van der Waals surface area contributed by atoms with Gasteiger partial charge in [-0.25, -0.2) is 8.42 Å². The first-order valence-corrected chi connectivity index (χ1v) is 14.7. The fraction of sp³-hybridized carbons (Fsp3) is 0.500.